The molecule has 0 aromatic heterocycles. The molecule has 3 aliphatic carbocycles. The highest BCUT2D eigenvalue weighted by Gasteiger charge is 2.36. The SMILES string of the molecule is NCCC1CC(C2CC=CCC2)C[C@@H](C2CCCCC2)C1. The van der Waals surface area contributed by atoms with Gasteiger partial charge in [0.05, 0.1) is 0 Å². The maximum atomic E-state index is 5.90. The van der Waals surface area contributed by atoms with Crippen LogP contribution in [0.5, 0.6) is 0 Å². The number of rotatable bonds is 4. The summed E-state index contributed by atoms with van der Waals surface area (Å²) in [6.45, 7) is 0.902. The van der Waals surface area contributed by atoms with Crippen LogP contribution in [0.2, 0.25) is 0 Å². The average molecular weight is 290 g/mol. The Bertz CT molecular complexity index is 329. The fraction of sp³-hybridized carbons (Fsp3) is 0.900. The van der Waals surface area contributed by atoms with Crippen LogP contribution in [-0.2, 0) is 0 Å². The average Bonchev–Trinajstić information content (AvgIpc) is 2.56. The lowest BCUT2D eigenvalue weighted by Gasteiger charge is -2.43. The highest BCUT2D eigenvalue weighted by atomic mass is 14.5. The van der Waals surface area contributed by atoms with Crippen LogP contribution in [0.1, 0.15) is 77.0 Å². The van der Waals surface area contributed by atoms with E-state index in [0.29, 0.717) is 0 Å². The number of nitrogens with two attached hydrogens (primary N) is 1. The summed E-state index contributed by atoms with van der Waals surface area (Å²) in [6, 6.07) is 0. The minimum Gasteiger partial charge on any atom is -0.330 e. The Morgan fingerprint density at radius 3 is 2.19 bits per heavy atom. The van der Waals surface area contributed by atoms with Crippen LogP contribution in [0.25, 0.3) is 0 Å². The van der Waals surface area contributed by atoms with Crippen molar-refractivity contribution in [1.29, 1.82) is 0 Å². The predicted molar refractivity (Wildman–Crippen MR) is 91.0 cm³/mol. The Labute approximate surface area is 131 Å². The maximum absolute atomic E-state index is 5.90. The molecule has 3 unspecified atom stereocenters. The quantitative estimate of drug-likeness (QED) is 0.698. The molecule has 2 N–H and O–H groups in total. The highest BCUT2D eigenvalue weighted by molar-refractivity contribution is 4.95. The molecule has 0 bridgehead atoms. The van der Waals surface area contributed by atoms with E-state index in [-0.39, 0.29) is 0 Å². The van der Waals surface area contributed by atoms with E-state index < -0.39 is 0 Å². The van der Waals surface area contributed by atoms with Gasteiger partial charge in [0.2, 0.25) is 0 Å². The summed E-state index contributed by atoms with van der Waals surface area (Å²) in [7, 11) is 0. The summed E-state index contributed by atoms with van der Waals surface area (Å²) in [5.74, 6) is 5.02. The van der Waals surface area contributed by atoms with Crippen LogP contribution in [0.3, 0.4) is 0 Å². The molecule has 0 amide bonds. The van der Waals surface area contributed by atoms with Crippen molar-refractivity contribution in [3.8, 4) is 0 Å². The maximum Gasteiger partial charge on any atom is -0.00746 e. The van der Waals surface area contributed by atoms with Gasteiger partial charge in [-0.25, -0.2) is 0 Å². The first-order chi connectivity index (χ1) is 10.4. The fourth-order valence-corrected chi connectivity index (χ4v) is 5.63. The molecule has 21 heavy (non-hydrogen) atoms. The second kappa shape index (κ2) is 7.81. The zero-order valence-electron chi connectivity index (χ0n) is 13.8. The van der Waals surface area contributed by atoms with Gasteiger partial charge in [0, 0.05) is 0 Å². The van der Waals surface area contributed by atoms with Crippen molar-refractivity contribution in [3.63, 3.8) is 0 Å². The van der Waals surface area contributed by atoms with E-state index in [1.807, 2.05) is 0 Å². The Kier molecular flexibility index (Phi) is 5.80. The van der Waals surface area contributed by atoms with Crippen LogP contribution >= 0.6 is 0 Å². The monoisotopic (exact) mass is 289 g/mol. The van der Waals surface area contributed by atoms with Crippen LogP contribution in [0.15, 0.2) is 12.2 Å². The Hall–Kier alpha value is -0.300. The molecule has 0 aromatic rings. The molecular formula is C20H35N. The third kappa shape index (κ3) is 4.12. The molecule has 3 rings (SSSR count). The van der Waals surface area contributed by atoms with Gasteiger partial charge in [-0.15, -0.1) is 0 Å². The molecule has 0 spiro atoms. The smallest absolute Gasteiger partial charge is 0.00746 e. The molecule has 1 nitrogen and oxygen atoms in total. The summed E-state index contributed by atoms with van der Waals surface area (Å²) in [6.07, 6.45) is 22.3. The third-order valence-corrected chi connectivity index (χ3v) is 6.75. The molecule has 0 heterocycles. The lowest BCUT2D eigenvalue weighted by molar-refractivity contribution is 0.0836. The van der Waals surface area contributed by atoms with E-state index >= 15 is 0 Å². The number of hydrogen-bond donors (Lipinski definition) is 1. The van der Waals surface area contributed by atoms with E-state index in [2.05, 4.69) is 12.2 Å². The van der Waals surface area contributed by atoms with Gasteiger partial charge < -0.3 is 5.73 Å². The van der Waals surface area contributed by atoms with Crippen LogP contribution in [-0.4, -0.2) is 6.54 Å². The summed E-state index contributed by atoms with van der Waals surface area (Å²) in [4.78, 5) is 0. The van der Waals surface area contributed by atoms with Crippen molar-refractivity contribution in [2.24, 2.45) is 35.3 Å². The summed E-state index contributed by atoms with van der Waals surface area (Å²) >= 11 is 0. The lowest BCUT2D eigenvalue weighted by Crippen LogP contribution is -2.33. The molecule has 2 fully saturated rings. The van der Waals surface area contributed by atoms with Crippen molar-refractivity contribution in [2.45, 2.75) is 77.0 Å². The van der Waals surface area contributed by atoms with Crippen LogP contribution in [0, 0.1) is 29.6 Å². The first kappa shape index (κ1) is 15.6. The molecule has 0 aliphatic heterocycles. The molecule has 0 saturated heterocycles. The summed E-state index contributed by atoms with van der Waals surface area (Å²) in [5.41, 5.74) is 5.90. The summed E-state index contributed by atoms with van der Waals surface area (Å²) in [5, 5.41) is 0. The molecule has 3 aliphatic rings. The Morgan fingerprint density at radius 1 is 0.762 bits per heavy atom. The van der Waals surface area contributed by atoms with E-state index in [1.165, 1.54) is 70.6 Å². The molecule has 1 heteroatoms. The second-order valence-electron chi connectivity index (χ2n) is 8.11. The fourth-order valence-electron chi connectivity index (χ4n) is 5.63. The first-order valence-corrected chi connectivity index (χ1v) is 9.72. The van der Waals surface area contributed by atoms with Gasteiger partial charge in [-0.2, -0.15) is 0 Å². The van der Waals surface area contributed by atoms with Crippen LogP contribution < -0.4 is 5.73 Å². The van der Waals surface area contributed by atoms with Gasteiger partial charge in [0.25, 0.3) is 0 Å². The van der Waals surface area contributed by atoms with Gasteiger partial charge >= 0.3 is 0 Å². The molecule has 2 saturated carbocycles. The molecular weight excluding hydrogens is 254 g/mol. The van der Waals surface area contributed by atoms with Gasteiger partial charge in [-0.3, -0.25) is 0 Å². The zero-order chi connectivity index (χ0) is 14.5. The molecule has 4 atom stereocenters. The standard InChI is InChI=1S/C20H35N/c21-12-11-16-13-19(17-7-3-1-4-8-17)15-20(14-16)18-9-5-2-6-10-18/h1,3,16-20H,2,4-15,21H2/t16?,17?,19?,20-/m0/s1. The van der Waals surface area contributed by atoms with E-state index in [0.717, 1.165) is 36.1 Å². The van der Waals surface area contributed by atoms with Gasteiger partial charge in [0.15, 0.2) is 0 Å². The molecule has 0 radical (unpaired) electrons. The van der Waals surface area contributed by atoms with E-state index in [1.54, 1.807) is 6.42 Å². The molecule has 0 aromatic carbocycles. The van der Waals surface area contributed by atoms with Crippen molar-refractivity contribution in [1.82, 2.24) is 0 Å². The van der Waals surface area contributed by atoms with Crippen molar-refractivity contribution in [3.05, 3.63) is 12.2 Å². The highest BCUT2D eigenvalue weighted by Crippen LogP contribution is 2.47. The lowest BCUT2D eigenvalue weighted by atomic mass is 9.62. The Morgan fingerprint density at radius 2 is 1.52 bits per heavy atom. The van der Waals surface area contributed by atoms with Gasteiger partial charge in [-0.05, 0) is 81.1 Å². The topological polar surface area (TPSA) is 26.0 Å². The van der Waals surface area contributed by atoms with Crippen molar-refractivity contribution in [2.75, 3.05) is 6.54 Å². The number of allylic oxidation sites excluding steroid dienone is 2. The summed E-state index contributed by atoms with van der Waals surface area (Å²) < 4.78 is 0. The zero-order valence-corrected chi connectivity index (χ0v) is 13.8. The Balaban J connectivity index is 1.63. The van der Waals surface area contributed by atoms with E-state index in [4.69, 9.17) is 5.73 Å². The normalized spacial score (nSPS) is 38.5. The van der Waals surface area contributed by atoms with E-state index in [9.17, 15) is 0 Å². The van der Waals surface area contributed by atoms with Crippen molar-refractivity contribution < 1.29 is 0 Å². The predicted octanol–water partition coefficient (Wildman–Crippen LogP) is 5.30. The van der Waals surface area contributed by atoms with Crippen molar-refractivity contribution >= 4 is 0 Å². The minimum absolute atomic E-state index is 0.902. The molecule has 120 valence electrons. The van der Waals surface area contributed by atoms with Gasteiger partial charge in [0.1, 0.15) is 0 Å². The minimum atomic E-state index is 0.902. The largest absolute Gasteiger partial charge is 0.330 e. The van der Waals surface area contributed by atoms with Crippen LogP contribution in [0.4, 0.5) is 0 Å². The second-order valence-corrected chi connectivity index (χ2v) is 8.11. The number of hydrogen-bond acceptors (Lipinski definition) is 1. The third-order valence-electron chi connectivity index (χ3n) is 6.75. The van der Waals surface area contributed by atoms with Gasteiger partial charge in [-0.1, -0.05) is 44.3 Å². The first-order valence-electron chi connectivity index (χ1n) is 9.72.